The van der Waals surface area contributed by atoms with Gasteiger partial charge >= 0.3 is 0 Å². The lowest BCUT2D eigenvalue weighted by Crippen LogP contribution is -2.29. The molecule has 26 heavy (non-hydrogen) atoms. The molecule has 1 atom stereocenters. The van der Waals surface area contributed by atoms with Gasteiger partial charge < -0.3 is 9.80 Å². The van der Waals surface area contributed by atoms with E-state index in [-0.39, 0.29) is 11.8 Å². The largest absolute Gasteiger partial charge is 0.357 e. The molecule has 6 nitrogen and oxygen atoms in total. The normalized spacial score (nSPS) is 20.0. The highest BCUT2D eigenvalue weighted by Gasteiger charge is 2.30. The minimum atomic E-state index is 0.0831. The van der Waals surface area contributed by atoms with Crippen LogP contribution in [-0.2, 0) is 0 Å². The molecule has 4 rings (SSSR count). The minimum Gasteiger partial charge on any atom is -0.357 e. The second kappa shape index (κ2) is 7.02. The van der Waals surface area contributed by atoms with Crippen LogP contribution < -0.4 is 4.90 Å². The minimum absolute atomic E-state index is 0.0831. The summed E-state index contributed by atoms with van der Waals surface area (Å²) in [6.07, 6.45) is 5.06. The molecule has 2 aromatic heterocycles. The van der Waals surface area contributed by atoms with Crippen molar-refractivity contribution in [2.75, 3.05) is 31.1 Å². The Hall–Kier alpha value is -2.50. The summed E-state index contributed by atoms with van der Waals surface area (Å²) in [7, 11) is 0. The first kappa shape index (κ1) is 16.9. The van der Waals surface area contributed by atoms with Gasteiger partial charge in [0.15, 0.2) is 0 Å². The Morgan fingerprint density at radius 2 is 1.81 bits per heavy atom. The smallest absolute Gasteiger partial charge is 0.254 e. The van der Waals surface area contributed by atoms with E-state index in [9.17, 15) is 4.79 Å². The molecule has 0 bridgehead atoms. The maximum absolute atomic E-state index is 13.0. The van der Waals surface area contributed by atoms with Gasteiger partial charge in [0, 0.05) is 55.2 Å². The summed E-state index contributed by atoms with van der Waals surface area (Å²) in [6, 6.07) is 5.75. The summed E-state index contributed by atoms with van der Waals surface area (Å²) >= 11 is 0. The molecule has 2 aliphatic rings. The molecule has 2 aromatic rings. The molecule has 0 radical (unpaired) electrons. The maximum Gasteiger partial charge on any atom is 0.254 e. The third kappa shape index (κ3) is 3.41. The number of amides is 1. The molecule has 0 N–H and O–H groups in total. The fourth-order valence-corrected chi connectivity index (χ4v) is 3.94. The fraction of sp³-hybridized carbons (Fsp3) is 0.500. The molecule has 1 unspecified atom stereocenters. The van der Waals surface area contributed by atoms with E-state index in [4.69, 9.17) is 0 Å². The van der Waals surface area contributed by atoms with Crippen LogP contribution in [-0.4, -0.2) is 51.9 Å². The first-order valence-corrected chi connectivity index (χ1v) is 9.42. The zero-order chi connectivity index (χ0) is 18.1. The number of aromatic nitrogens is 3. The number of pyridine rings is 1. The van der Waals surface area contributed by atoms with Gasteiger partial charge in [0.25, 0.3) is 5.91 Å². The topological polar surface area (TPSA) is 62.2 Å². The third-order valence-corrected chi connectivity index (χ3v) is 5.26. The Bertz CT molecular complexity index is 795. The monoisotopic (exact) mass is 351 g/mol. The van der Waals surface area contributed by atoms with Crippen LogP contribution in [0.5, 0.6) is 0 Å². The first-order chi connectivity index (χ1) is 12.6. The maximum atomic E-state index is 13.0. The van der Waals surface area contributed by atoms with Gasteiger partial charge in [0.05, 0.1) is 0 Å². The van der Waals surface area contributed by atoms with Gasteiger partial charge in [-0.25, -0.2) is 15.0 Å². The van der Waals surface area contributed by atoms with Crippen molar-refractivity contribution in [1.29, 1.82) is 0 Å². The van der Waals surface area contributed by atoms with Crippen molar-refractivity contribution < 1.29 is 4.79 Å². The van der Waals surface area contributed by atoms with Crippen molar-refractivity contribution >= 4 is 11.7 Å². The molecule has 2 saturated heterocycles. The molecular weight excluding hydrogens is 326 g/mol. The summed E-state index contributed by atoms with van der Waals surface area (Å²) in [5, 5.41) is 0. The number of anilines is 1. The van der Waals surface area contributed by atoms with Crippen molar-refractivity contribution in [3.05, 3.63) is 47.2 Å². The van der Waals surface area contributed by atoms with E-state index in [1.165, 1.54) is 12.8 Å². The molecule has 0 aliphatic carbocycles. The standard InChI is InChI=1S/C20H25N5O/c1-14-11-15(2)23-19(22-14)17-6-10-25(13-17)20(26)16-5-7-21-18(12-16)24-8-3-4-9-24/h5,7,11-12,17H,3-4,6,8-10,13H2,1-2H3. The second-order valence-corrected chi connectivity index (χ2v) is 7.34. The number of hydrogen-bond donors (Lipinski definition) is 0. The Morgan fingerprint density at radius 3 is 2.54 bits per heavy atom. The van der Waals surface area contributed by atoms with Crippen LogP contribution in [0.4, 0.5) is 5.82 Å². The zero-order valence-electron chi connectivity index (χ0n) is 15.5. The van der Waals surface area contributed by atoms with E-state index in [0.717, 1.165) is 54.6 Å². The summed E-state index contributed by atoms with van der Waals surface area (Å²) < 4.78 is 0. The molecular formula is C20H25N5O. The van der Waals surface area contributed by atoms with Crippen LogP contribution in [0.25, 0.3) is 0 Å². The molecule has 6 heteroatoms. The molecule has 4 heterocycles. The highest BCUT2D eigenvalue weighted by atomic mass is 16.2. The molecule has 0 aromatic carbocycles. The van der Waals surface area contributed by atoms with Gasteiger partial charge in [0.1, 0.15) is 11.6 Å². The molecule has 2 aliphatic heterocycles. The number of likely N-dealkylation sites (tertiary alicyclic amines) is 1. The Kier molecular flexibility index (Phi) is 4.57. The van der Waals surface area contributed by atoms with Crippen molar-refractivity contribution in [1.82, 2.24) is 19.9 Å². The van der Waals surface area contributed by atoms with Crippen molar-refractivity contribution in [2.45, 2.75) is 39.0 Å². The van der Waals surface area contributed by atoms with E-state index in [1.807, 2.05) is 36.9 Å². The summed E-state index contributed by atoms with van der Waals surface area (Å²) in [5.74, 6) is 2.09. The quantitative estimate of drug-likeness (QED) is 0.851. The molecule has 1 amide bonds. The predicted octanol–water partition coefficient (Wildman–Crippen LogP) is 2.72. The van der Waals surface area contributed by atoms with Crippen LogP contribution in [0.2, 0.25) is 0 Å². The fourth-order valence-electron chi connectivity index (χ4n) is 3.94. The van der Waals surface area contributed by atoms with E-state index < -0.39 is 0 Å². The van der Waals surface area contributed by atoms with E-state index in [0.29, 0.717) is 6.54 Å². The number of rotatable bonds is 3. The van der Waals surface area contributed by atoms with Crippen LogP contribution in [0, 0.1) is 13.8 Å². The Morgan fingerprint density at radius 1 is 1.08 bits per heavy atom. The lowest BCUT2D eigenvalue weighted by atomic mass is 10.1. The second-order valence-electron chi connectivity index (χ2n) is 7.34. The lowest BCUT2D eigenvalue weighted by Gasteiger charge is -2.19. The van der Waals surface area contributed by atoms with Gasteiger partial charge in [0.2, 0.25) is 0 Å². The first-order valence-electron chi connectivity index (χ1n) is 9.42. The molecule has 0 saturated carbocycles. The number of carbonyl (C=O) groups is 1. The predicted molar refractivity (Wildman–Crippen MR) is 100 cm³/mol. The summed E-state index contributed by atoms with van der Waals surface area (Å²) in [6.45, 7) is 7.48. The van der Waals surface area contributed by atoms with Gasteiger partial charge in [-0.1, -0.05) is 0 Å². The summed E-state index contributed by atoms with van der Waals surface area (Å²) in [4.78, 5) is 30.8. The average molecular weight is 351 g/mol. The lowest BCUT2D eigenvalue weighted by molar-refractivity contribution is 0.0790. The third-order valence-electron chi connectivity index (χ3n) is 5.26. The van der Waals surface area contributed by atoms with Crippen molar-refractivity contribution in [2.24, 2.45) is 0 Å². The van der Waals surface area contributed by atoms with Crippen molar-refractivity contribution in [3.8, 4) is 0 Å². The average Bonchev–Trinajstić information content (AvgIpc) is 3.32. The van der Waals surface area contributed by atoms with Gasteiger partial charge in [-0.15, -0.1) is 0 Å². The molecule has 0 spiro atoms. The Labute approximate surface area is 154 Å². The van der Waals surface area contributed by atoms with Crippen LogP contribution in [0.3, 0.4) is 0 Å². The highest BCUT2D eigenvalue weighted by molar-refractivity contribution is 5.95. The van der Waals surface area contributed by atoms with Crippen molar-refractivity contribution in [3.63, 3.8) is 0 Å². The number of aryl methyl sites for hydroxylation is 2. The van der Waals surface area contributed by atoms with E-state index >= 15 is 0 Å². The summed E-state index contributed by atoms with van der Waals surface area (Å²) in [5.41, 5.74) is 2.70. The van der Waals surface area contributed by atoms with Gasteiger partial charge in [-0.05, 0) is 51.3 Å². The number of carbonyl (C=O) groups excluding carboxylic acids is 1. The van der Waals surface area contributed by atoms with Crippen LogP contribution in [0.1, 0.15) is 52.8 Å². The van der Waals surface area contributed by atoms with Crippen LogP contribution >= 0.6 is 0 Å². The number of hydrogen-bond acceptors (Lipinski definition) is 5. The van der Waals surface area contributed by atoms with Gasteiger partial charge in [-0.3, -0.25) is 4.79 Å². The number of nitrogens with zero attached hydrogens (tertiary/aromatic N) is 5. The molecule has 2 fully saturated rings. The zero-order valence-corrected chi connectivity index (χ0v) is 15.5. The van der Waals surface area contributed by atoms with E-state index in [1.54, 1.807) is 6.20 Å². The SMILES string of the molecule is Cc1cc(C)nc(C2CCN(C(=O)c3ccnc(N4CCCC4)c3)C2)n1. The van der Waals surface area contributed by atoms with E-state index in [2.05, 4.69) is 19.9 Å². The molecule has 136 valence electrons. The Balaban J connectivity index is 1.48. The van der Waals surface area contributed by atoms with Gasteiger partial charge in [-0.2, -0.15) is 0 Å². The van der Waals surface area contributed by atoms with Crippen LogP contribution in [0.15, 0.2) is 24.4 Å². The highest BCUT2D eigenvalue weighted by Crippen LogP contribution is 2.27.